The van der Waals surface area contributed by atoms with Gasteiger partial charge in [-0.05, 0) is 56.7 Å². The van der Waals surface area contributed by atoms with Crippen LogP contribution >= 0.6 is 0 Å². The molecule has 1 saturated carbocycles. The van der Waals surface area contributed by atoms with Gasteiger partial charge in [0.2, 0.25) is 11.8 Å². The number of nitrogens with one attached hydrogen (secondary N) is 2. The van der Waals surface area contributed by atoms with Crippen LogP contribution < -0.4 is 15.4 Å². The van der Waals surface area contributed by atoms with Crippen LogP contribution in [0.4, 0.5) is 0 Å². The number of carbonyl (C=O) groups excluding carboxylic acids is 2. The Morgan fingerprint density at radius 3 is 2.52 bits per heavy atom. The molecule has 2 N–H and O–H groups in total. The zero-order valence-corrected chi connectivity index (χ0v) is 16.4. The summed E-state index contributed by atoms with van der Waals surface area (Å²) in [5, 5.41) is 5.87. The highest BCUT2D eigenvalue weighted by molar-refractivity contribution is 5.82. The first-order valence-corrected chi connectivity index (χ1v) is 10.1. The van der Waals surface area contributed by atoms with Crippen LogP contribution in [-0.4, -0.2) is 48.0 Å². The van der Waals surface area contributed by atoms with Crippen molar-refractivity contribution in [3.8, 4) is 5.75 Å². The van der Waals surface area contributed by atoms with E-state index < -0.39 is 0 Å². The number of rotatable bonds is 7. The topological polar surface area (TPSA) is 70.7 Å². The Balaban J connectivity index is 1.62. The van der Waals surface area contributed by atoms with E-state index in [1.54, 1.807) is 0 Å². The Morgan fingerprint density at radius 2 is 1.89 bits per heavy atom. The predicted octanol–water partition coefficient (Wildman–Crippen LogP) is 2.22. The largest absolute Gasteiger partial charge is 0.490 e. The number of hydrogen-bond acceptors (Lipinski definition) is 4. The van der Waals surface area contributed by atoms with Crippen LogP contribution in [0.5, 0.6) is 5.75 Å². The molecular weight excluding hydrogens is 342 g/mol. The number of ether oxygens (including phenoxy) is 1. The zero-order valence-electron chi connectivity index (χ0n) is 16.4. The third kappa shape index (κ3) is 5.45. The van der Waals surface area contributed by atoms with Gasteiger partial charge in [-0.1, -0.05) is 12.1 Å². The molecule has 2 atom stereocenters. The lowest BCUT2D eigenvalue weighted by Gasteiger charge is -2.23. The molecular formula is C21H31N3O3. The summed E-state index contributed by atoms with van der Waals surface area (Å²) in [5.74, 6) is 0.903. The van der Waals surface area contributed by atoms with Crippen molar-refractivity contribution in [1.82, 2.24) is 15.5 Å². The molecule has 6 nitrogen and oxygen atoms in total. The molecule has 2 aliphatic rings. The van der Waals surface area contributed by atoms with E-state index in [1.165, 1.54) is 19.8 Å². The summed E-state index contributed by atoms with van der Waals surface area (Å²) in [4.78, 5) is 26.0. The third-order valence-electron chi connectivity index (χ3n) is 5.38. The van der Waals surface area contributed by atoms with Crippen molar-refractivity contribution < 1.29 is 14.3 Å². The lowest BCUT2D eigenvalue weighted by molar-refractivity contribution is -0.125. The fourth-order valence-electron chi connectivity index (χ4n) is 4.14. The number of likely N-dealkylation sites (N-methyl/N-ethyl adjacent to an activating group) is 1. The highest BCUT2D eigenvalue weighted by Gasteiger charge is 2.36. The standard InChI is InChI=1S/C21H31N3O3/c1-3-22-21(26)20-12-17(23-15(2)25)14-24(20)13-16-8-10-19(11-9-16)27-18-6-4-5-7-18/h8-11,17-18,20H,3-7,12-14H2,1-2H3,(H,22,26)(H,23,25)/t17-,20-/m0/s1. The van der Waals surface area contributed by atoms with Gasteiger partial charge in [0, 0.05) is 32.6 Å². The molecule has 2 amide bonds. The lowest BCUT2D eigenvalue weighted by atomic mass is 10.1. The van der Waals surface area contributed by atoms with Crippen molar-refractivity contribution in [3.63, 3.8) is 0 Å². The first-order valence-electron chi connectivity index (χ1n) is 10.1. The second-order valence-corrected chi connectivity index (χ2v) is 7.64. The molecule has 27 heavy (non-hydrogen) atoms. The van der Waals surface area contributed by atoms with E-state index in [0.29, 0.717) is 32.2 Å². The molecule has 6 heteroatoms. The van der Waals surface area contributed by atoms with Crippen molar-refractivity contribution >= 4 is 11.8 Å². The second-order valence-electron chi connectivity index (χ2n) is 7.64. The smallest absolute Gasteiger partial charge is 0.237 e. The molecule has 0 spiro atoms. The van der Waals surface area contributed by atoms with Gasteiger partial charge in [0.1, 0.15) is 5.75 Å². The Bertz CT molecular complexity index is 641. The number of nitrogens with zero attached hydrogens (tertiary/aromatic N) is 1. The van der Waals surface area contributed by atoms with Gasteiger partial charge in [0.05, 0.1) is 12.1 Å². The van der Waals surface area contributed by atoms with Crippen LogP contribution in [0, 0.1) is 0 Å². The van der Waals surface area contributed by atoms with Gasteiger partial charge in [-0.25, -0.2) is 0 Å². The van der Waals surface area contributed by atoms with Crippen molar-refractivity contribution in [2.45, 2.75) is 70.7 Å². The average Bonchev–Trinajstić information content (AvgIpc) is 3.26. The van der Waals surface area contributed by atoms with Crippen molar-refractivity contribution in [2.24, 2.45) is 0 Å². The van der Waals surface area contributed by atoms with E-state index in [-0.39, 0.29) is 23.9 Å². The molecule has 0 unspecified atom stereocenters. The molecule has 0 bridgehead atoms. The molecule has 1 aliphatic heterocycles. The van der Waals surface area contributed by atoms with Gasteiger partial charge < -0.3 is 15.4 Å². The van der Waals surface area contributed by atoms with Gasteiger partial charge in [0.25, 0.3) is 0 Å². The first kappa shape index (κ1) is 19.7. The highest BCUT2D eigenvalue weighted by Crippen LogP contribution is 2.25. The molecule has 1 heterocycles. The summed E-state index contributed by atoms with van der Waals surface area (Å²) >= 11 is 0. The summed E-state index contributed by atoms with van der Waals surface area (Å²) in [7, 11) is 0. The molecule has 1 saturated heterocycles. The van der Waals surface area contributed by atoms with E-state index >= 15 is 0 Å². The maximum absolute atomic E-state index is 12.4. The van der Waals surface area contributed by atoms with Gasteiger partial charge in [-0.3, -0.25) is 14.5 Å². The molecule has 2 fully saturated rings. The second kappa shape index (κ2) is 9.22. The Kier molecular flexibility index (Phi) is 6.72. The van der Waals surface area contributed by atoms with E-state index in [2.05, 4.69) is 27.7 Å². The molecule has 0 radical (unpaired) electrons. The van der Waals surface area contributed by atoms with Gasteiger partial charge in [0.15, 0.2) is 0 Å². The van der Waals surface area contributed by atoms with Gasteiger partial charge in [-0.15, -0.1) is 0 Å². The summed E-state index contributed by atoms with van der Waals surface area (Å²) in [6.07, 6.45) is 5.81. The van der Waals surface area contributed by atoms with Crippen LogP contribution in [0.3, 0.4) is 0 Å². The Labute approximate surface area is 161 Å². The van der Waals surface area contributed by atoms with Crippen LogP contribution in [-0.2, 0) is 16.1 Å². The molecule has 148 valence electrons. The van der Waals surface area contributed by atoms with Gasteiger partial charge in [-0.2, -0.15) is 0 Å². The van der Waals surface area contributed by atoms with Crippen LogP contribution in [0.15, 0.2) is 24.3 Å². The fraction of sp³-hybridized carbons (Fsp3) is 0.619. The van der Waals surface area contributed by atoms with Gasteiger partial charge >= 0.3 is 0 Å². The monoisotopic (exact) mass is 373 g/mol. The minimum atomic E-state index is -0.212. The minimum absolute atomic E-state index is 0.0140. The Hall–Kier alpha value is -2.08. The van der Waals surface area contributed by atoms with Crippen molar-refractivity contribution in [2.75, 3.05) is 13.1 Å². The van der Waals surface area contributed by atoms with Crippen LogP contribution in [0.2, 0.25) is 0 Å². The summed E-state index contributed by atoms with van der Waals surface area (Å²) in [6, 6.07) is 8.00. The number of benzene rings is 1. The predicted molar refractivity (Wildman–Crippen MR) is 104 cm³/mol. The molecule has 3 rings (SSSR count). The minimum Gasteiger partial charge on any atom is -0.490 e. The Morgan fingerprint density at radius 1 is 1.19 bits per heavy atom. The number of likely N-dealkylation sites (tertiary alicyclic amines) is 1. The van der Waals surface area contributed by atoms with E-state index in [9.17, 15) is 9.59 Å². The summed E-state index contributed by atoms with van der Waals surface area (Å²) in [5.41, 5.74) is 1.14. The summed E-state index contributed by atoms with van der Waals surface area (Å²) in [6.45, 7) is 5.42. The van der Waals surface area contributed by atoms with Crippen molar-refractivity contribution in [1.29, 1.82) is 0 Å². The maximum Gasteiger partial charge on any atom is 0.237 e. The number of carbonyl (C=O) groups is 2. The van der Waals surface area contributed by atoms with E-state index in [4.69, 9.17) is 4.74 Å². The van der Waals surface area contributed by atoms with Crippen LogP contribution in [0.25, 0.3) is 0 Å². The van der Waals surface area contributed by atoms with Crippen molar-refractivity contribution in [3.05, 3.63) is 29.8 Å². The average molecular weight is 373 g/mol. The highest BCUT2D eigenvalue weighted by atomic mass is 16.5. The number of amides is 2. The number of hydrogen-bond donors (Lipinski definition) is 2. The molecule has 0 aromatic heterocycles. The summed E-state index contributed by atoms with van der Waals surface area (Å²) < 4.78 is 6.03. The quantitative estimate of drug-likeness (QED) is 0.769. The maximum atomic E-state index is 12.4. The molecule has 1 aromatic rings. The third-order valence-corrected chi connectivity index (χ3v) is 5.38. The normalized spacial score (nSPS) is 23.3. The van der Waals surface area contributed by atoms with E-state index in [0.717, 1.165) is 24.2 Å². The zero-order chi connectivity index (χ0) is 19.2. The van der Waals surface area contributed by atoms with E-state index in [1.807, 2.05) is 19.1 Å². The SMILES string of the molecule is CCNC(=O)[C@@H]1C[C@H](NC(C)=O)CN1Cc1ccc(OC2CCCC2)cc1. The molecule has 1 aliphatic carbocycles. The van der Waals surface area contributed by atoms with Crippen LogP contribution in [0.1, 0.15) is 51.5 Å². The fourth-order valence-corrected chi connectivity index (χ4v) is 4.14. The first-order chi connectivity index (χ1) is 13.0. The molecule has 1 aromatic carbocycles. The lowest BCUT2D eigenvalue weighted by Crippen LogP contribution is -2.42.